The maximum atomic E-state index is 13.1. The molecule has 2 rings (SSSR count). The second-order valence-corrected chi connectivity index (χ2v) is 4.75. The zero-order valence-electron chi connectivity index (χ0n) is 12.6. The summed E-state index contributed by atoms with van der Waals surface area (Å²) in [6, 6.07) is 3.93. The van der Waals surface area contributed by atoms with Gasteiger partial charge in [0.1, 0.15) is 11.6 Å². The van der Waals surface area contributed by atoms with Crippen molar-refractivity contribution in [1.82, 2.24) is 10.1 Å². The quantitative estimate of drug-likeness (QED) is 0.851. The standard InChI is InChI=1S/C15H18FN3O3/c1-3-4-13-18-15(22-19-13)8-7-14(20)17-11-6-5-10(16)9-12(11)21-2/h5-6,9H,3-4,7-8H2,1-2H3,(H,17,20). The molecule has 1 N–H and O–H groups in total. The second-order valence-electron chi connectivity index (χ2n) is 4.75. The predicted octanol–water partition coefficient (Wildman–Crippen LogP) is 2.74. The van der Waals surface area contributed by atoms with Gasteiger partial charge < -0.3 is 14.6 Å². The molecule has 7 heteroatoms. The van der Waals surface area contributed by atoms with E-state index in [1.807, 2.05) is 6.92 Å². The van der Waals surface area contributed by atoms with Crippen molar-refractivity contribution in [2.75, 3.05) is 12.4 Å². The highest BCUT2D eigenvalue weighted by atomic mass is 19.1. The lowest BCUT2D eigenvalue weighted by molar-refractivity contribution is -0.116. The molecule has 0 fully saturated rings. The summed E-state index contributed by atoms with van der Waals surface area (Å²) < 4.78 is 23.2. The Bertz CT molecular complexity index is 643. The van der Waals surface area contributed by atoms with Crippen molar-refractivity contribution in [2.24, 2.45) is 0 Å². The van der Waals surface area contributed by atoms with Gasteiger partial charge in [-0.05, 0) is 18.6 Å². The molecule has 0 aliphatic rings. The van der Waals surface area contributed by atoms with Crippen molar-refractivity contribution >= 4 is 11.6 Å². The topological polar surface area (TPSA) is 77.2 Å². The van der Waals surface area contributed by atoms with Gasteiger partial charge in [-0.25, -0.2) is 4.39 Å². The first-order valence-electron chi connectivity index (χ1n) is 7.07. The van der Waals surface area contributed by atoms with Crippen molar-refractivity contribution in [2.45, 2.75) is 32.6 Å². The molecule has 0 bridgehead atoms. The molecule has 1 amide bonds. The Balaban J connectivity index is 1.90. The first-order valence-corrected chi connectivity index (χ1v) is 7.07. The summed E-state index contributed by atoms with van der Waals surface area (Å²) >= 11 is 0. The lowest BCUT2D eigenvalue weighted by Crippen LogP contribution is -2.13. The third-order valence-corrected chi connectivity index (χ3v) is 2.99. The van der Waals surface area contributed by atoms with Crippen molar-refractivity contribution in [3.8, 4) is 5.75 Å². The number of hydrogen-bond acceptors (Lipinski definition) is 5. The molecule has 0 unspecified atom stereocenters. The molecule has 22 heavy (non-hydrogen) atoms. The summed E-state index contributed by atoms with van der Waals surface area (Å²) in [5, 5.41) is 6.50. The third-order valence-electron chi connectivity index (χ3n) is 2.99. The van der Waals surface area contributed by atoms with Crippen molar-refractivity contribution in [3.05, 3.63) is 35.7 Å². The number of halogens is 1. The number of amides is 1. The Morgan fingerprint density at radius 2 is 2.23 bits per heavy atom. The Hall–Kier alpha value is -2.44. The Morgan fingerprint density at radius 3 is 2.95 bits per heavy atom. The van der Waals surface area contributed by atoms with Gasteiger partial charge in [-0.1, -0.05) is 12.1 Å². The van der Waals surface area contributed by atoms with Gasteiger partial charge >= 0.3 is 0 Å². The summed E-state index contributed by atoms with van der Waals surface area (Å²) in [7, 11) is 1.41. The number of benzene rings is 1. The minimum atomic E-state index is -0.427. The lowest BCUT2D eigenvalue weighted by Gasteiger charge is -2.09. The van der Waals surface area contributed by atoms with Crippen LogP contribution in [0.1, 0.15) is 31.5 Å². The number of ether oxygens (including phenoxy) is 1. The summed E-state index contributed by atoms with van der Waals surface area (Å²) in [5.74, 6) is 0.698. The maximum Gasteiger partial charge on any atom is 0.227 e. The molecule has 1 aromatic carbocycles. The van der Waals surface area contributed by atoms with E-state index in [0.29, 0.717) is 23.8 Å². The molecule has 1 aromatic heterocycles. The van der Waals surface area contributed by atoms with E-state index in [-0.39, 0.29) is 18.1 Å². The number of carbonyl (C=O) groups is 1. The molecule has 6 nitrogen and oxygen atoms in total. The Kier molecular flexibility index (Phi) is 5.46. The van der Waals surface area contributed by atoms with Crippen LogP contribution in [0, 0.1) is 5.82 Å². The smallest absolute Gasteiger partial charge is 0.227 e. The van der Waals surface area contributed by atoms with E-state index in [0.717, 1.165) is 12.8 Å². The van der Waals surface area contributed by atoms with Gasteiger partial charge in [0, 0.05) is 25.3 Å². The fourth-order valence-corrected chi connectivity index (χ4v) is 1.92. The second kappa shape index (κ2) is 7.53. The molecule has 0 aliphatic carbocycles. The number of aryl methyl sites for hydroxylation is 2. The van der Waals surface area contributed by atoms with Crippen LogP contribution in [0.25, 0.3) is 0 Å². The highest BCUT2D eigenvalue weighted by Crippen LogP contribution is 2.25. The van der Waals surface area contributed by atoms with Crippen LogP contribution in [0.4, 0.5) is 10.1 Å². The average molecular weight is 307 g/mol. The molecule has 0 saturated heterocycles. The largest absolute Gasteiger partial charge is 0.494 e. The molecule has 1 heterocycles. The van der Waals surface area contributed by atoms with Crippen molar-refractivity contribution in [1.29, 1.82) is 0 Å². The van der Waals surface area contributed by atoms with E-state index < -0.39 is 5.82 Å². The van der Waals surface area contributed by atoms with Crippen LogP contribution in [0.5, 0.6) is 5.75 Å². The van der Waals surface area contributed by atoms with E-state index >= 15 is 0 Å². The molecule has 2 aromatic rings. The van der Waals surface area contributed by atoms with Crippen molar-refractivity contribution < 1.29 is 18.4 Å². The monoisotopic (exact) mass is 307 g/mol. The minimum Gasteiger partial charge on any atom is -0.494 e. The molecule has 0 atom stereocenters. The summed E-state index contributed by atoms with van der Waals surface area (Å²) in [6.07, 6.45) is 2.23. The number of nitrogens with zero attached hydrogens (tertiary/aromatic N) is 2. The first kappa shape index (κ1) is 15.9. The lowest BCUT2D eigenvalue weighted by atomic mass is 10.2. The van der Waals surface area contributed by atoms with E-state index in [2.05, 4.69) is 15.5 Å². The first-order chi connectivity index (χ1) is 10.6. The van der Waals surface area contributed by atoms with Crippen LogP contribution >= 0.6 is 0 Å². The predicted molar refractivity (Wildman–Crippen MR) is 78.2 cm³/mol. The molecule has 0 spiro atoms. The van der Waals surface area contributed by atoms with Gasteiger partial charge in [-0.3, -0.25) is 4.79 Å². The van der Waals surface area contributed by atoms with Gasteiger partial charge in [-0.15, -0.1) is 0 Å². The number of anilines is 1. The van der Waals surface area contributed by atoms with Crippen LogP contribution in [-0.4, -0.2) is 23.2 Å². The fourth-order valence-electron chi connectivity index (χ4n) is 1.92. The van der Waals surface area contributed by atoms with E-state index in [4.69, 9.17) is 9.26 Å². The highest BCUT2D eigenvalue weighted by molar-refractivity contribution is 5.92. The average Bonchev–Trinajstić information content (AvgIpc) is 2.95. The zero-order chi connectivity index (χ0) is 15.9. The Labute approximate surface area is 127 Å². The Morgan fingerprint density at radius 1 is 1.41 bits per heavy atom. The van der Waals surface area contributed by atoms with Crippen LogP contribution in [-0.2, 0) is 17.6 Å². The maximum absolute atomic E-state index is 13.1. The van der Waals surface area contributed by atoms with Gasteiger partial charge in [0.15, 0.2) is 5.82 Å². The summed E-state index contributed by atoms with van der Waals surface area (Å²) in [5.41, 5.74) is 0.422. The van der Waals surface area contributed by atoms with Gasteiger partial charge in [0.25, 0.3) is 0 Å². The van der Waals surface area contributed by atoms with Gasteiger partial charge in [0.05, 0.1) is 12.8 Å². The normalized spacial score (nSPS) is 10.5. The summed E-state index contributed by atoms with van der Waals surface area (Å²) in [4.78, 5) is 16.1. The number of methoxy groups -OCH3 is 1. The van der Waals surface area contributed by atoms with E-state index in [9.17, 15) is 9.18 Å². The van der Waals surface area contributed by atoms with Crippen LogP contribution < -0.4 is 10.1 Å². The van der Waals surface area contributed by atoms with Crippen molar-refractivity contribution in [3.63, 3.8) is 0 Å². The molecular weight excluding hydrogens is 289 g/mol. The SMILES string of the molecule is CCCc1noc(CCC(=O)Nc2ccc(F)cc2OC)n1. The fraction of sp³-hybridized carbons (Fsp3) is 0.400. The van der Waals surface area contributed by atoms with Crippen LogP contribution in [0.15, 0.2) is 22.7 Å². The highest BCUT2D eigenvalue weighted by Gasteiger charge is 2.11. The van der Waals surface area contributed by atoms with E-state index in [1.165, 1.54) is 25.3 Å². The molecule has 0 radical (unpaired) electrons. The number of carbonyl (C=O) groups excluding carboxylic acids is 1. The van der Waals surface area contributed by atoms with Crippen LogP contribution in [0.3, 0.4) is 0 Å². The molecule has 118 valence electrons. The molecule has 0 saturated carbocycles. The zero-order valence-corrected chi connectivity index (χ0v) is 12.6. The molecular formula is C15H18FN3O3. The van der Waals surface area contributed by atoms with E-state index in [1.54, 1.807) is 0 Å². The molecule has 0 aliphatic heterocycles. The minimum absolute atomic E-state index is 0.189. The number of nitrogens with one attached hydrogen (secondary N) is 1. The third kappa shape index (κ3) is 4.28. The summed E-state index contributed by atoms with van der Waals surface area (Å²) in [6.45, 7) is 2.03. The van der Waals surface area contributed by atoms with Gasteiger partial charge in [0.2, 0.25) is 11.8 Å². The number of aromatic nitrogens is 2. The van der Waals surface area contributed by atoms with Gasteiger partial charge in [-0.2, -0.15) is 4.98 Å². The van der Waals surface area contributed by atoms with Crippen LogP contribution in [0.2, 0.25) is 0 Å². The number of rotatable bonds is 7. The number of hydrogen-bond donors (Lipinski definition) is 1.